The van der Waals surface area contributed by atoms with Crippen molar-refractivity contribution >= 4 is 5.97 Å². The van der Waals surface area contributed by atoms with Crippen molar-refractivity contribution in [2.75, 3.05) is 13.7 Å². The first-order valence-electron chi connectivity index (χ1n) is 6.03. The molecular formula is C14H21NO3. The maximum atomic E-state index is 11.2. The standard InChI is InChI=1S/C14H21NO3/c1-9-7-12(17-4)5-6-13(9)10(2)11(3)18-14(16)8-15/h5-7,10-11H,8,15H2,1-4H3/t10-,11+/m1/s1. The number of benzene rings is 1. The fraction of sp³-hybridized carbons (Fsp3) is 0.500. The Bertz CT molecular complexity index is 418. The topological polar surface area (TPSA) is 61.5 Å². The van der Waals surface area contributed by atoms with Crippen LogP contribution in [-0.4, -0.2) is 25.7 Å². The van der Waals surface area contributed by atoms with Crippen LogP contribution in [0.1, 0.15) is 30.9 Å². The third-order valence-corrected chi connectivity index (χ3v) is 3.16. The number of hydrogen-bond donors (Lipinski definition) is 1. The van der Waals surface area contributed by atoms with E-state index in [2.05, 4.69) is 0 Å². The van der Waals surface area contributed by atoms with Crippen LogP contribution in [0.25, 0.3) is 0 Å². The van der Waals surface area contributed by atoms with Gasteiger partial charge in [0.25, 0.3) is 0 Å². The van der Waals surface area contributed by atoms with Crippen molar-refractivity contribution < 1.29 is 14.3 Å². The van der Waals surface area contributed by atoms with Gasteiger partial charge in [-0.25, -0.2) is 0 Å². The van der Waals surface area contributed by atoms with Gasteiger partial charge < -0.3 is 15.2 Å². The molecule has 0 heterocycles. The average Bonchev–Trinajstić information content (AvgIpc) is 2.37. The average molecular weight is 251 g/mol. The molecule has 1 rings (SSSR count). The summed E-state index contributed by atoms with van der Waals surface area (Å²) in [6, 6.07) is 5.89. The molecule has 0 aliphatic rings. The van der Waals surface area contributed by atoms with E-state index < -0.39 is 0 Å². The van der Waals surface area contributed by atoms with E-state index in [0.717, 1.165) is 16.9 Å². The van der Waals surface area contributed by atoms with Gasteiger partial charge in [0.05, 0.1) is 13.7 Å². The Labute approximate surface area is 108 Å². The minimum atomic E-state index is -0.375. The molecule has 0 aliphatic carbocycles. The van der Waals surface area contributed by atoms with Gasteiger partial charge in [0, 0.05) is 5.92 Å². The number of carbonyl (C=O) groups excluding carboxylic acids is 1. The second kappa shape index (κ2) is 6.40. The summed E-state index contributed by atoms with van der Waals surface area (Å²) in [6.07, 6.45) is -0.201. The van der Waals surface area contributed by atoms with Crippen LogP contribution >= 0.6 is 0 Å². The highest BCUT2D eigenvalue weighted by Gasteiger charge is 2.19. The highest BCUT2D eigenvalue weighted by molar-refractivity contribution is 5.71. The van der Waals surface area contributed by atoms with Crippen molar-refractivity contribution in [2.45, 2.75) is 32.8 Å². The Balaban J connectivity index is 2.83. The Hall–Kier alpha value is -1.55. The molecule has 0 bridgehead atoms. The molecule has 0 spiro atoms. The van der Waals surface area contributed by atoms with Gasteiger partial charge in [-0.1, -0.05) is 13.0 Å². The Morgan fingerprint density at radius 2 is 2.06 bits per heavy atom. The number of nitrogens with two attached hydrogens (primary N) is 1. The first kappa shape index (κ1) is 14.5. The van der Waals surface area contributed by atoms with Gasteiger partial charge in [0.2, 0.25) is 0 Å². The van der Waals surface area contributed by atoms with E-state index >= 15 is 0 Å². The first-order chi connectivity index (χ1) is 8.49. The zero-order valence-electron chi connectivity index (χ0n) is 11.4. The van der Waals surface area contributed by atoms with Crippen molar-refractivity contribution in [1.82, 2.24) is 0 Å². The molecule has 0 aromatic heterocycles. The number of carbonyl (C=O) groups is 1. The van der Waals surface area contributed by atoms with E-state index in [0.29, 0.717) is 0 Å². The predicted octanol–water partition coefficient (Wildman–Crippen LogP) is 2.00. The predicted molar refractivity (Wildman–Crippen MR) is 70.8 cm³/mol. The lowest BCUT2D eigenvalue weighted by atomic mass is 9.92. The third kappa shape index (κ3) is 3.47. The number of aryl methyl sites for hydroxylation is 1. The van der Waals surface area contributed by atoms with Gasteiger partial charge in [-0.2, -0.15) is 0 Å². The summed E-state index contributed by atoms with van der Waals surface area (Å²) < 4.78 is 10.4. The minimum Gasteiger partial charge on any atom is -0.497 e. The molecule has 1 aromatic rings. The lowest BCUT2D eigenvalue weighted by Gasteiger charge is -2.22. The largest absolute Gasteiger partial charge is 0.497 e. The van der Waals surface area contributed by atoms with E-state index in [1.165, 1.54) is 0 Å². The summed E-state index contributed by atoms with van der Waals surface area (Å²) in [5, 5.41) is 0. The SMILES string of the molecule is COc1ccc([C@H](C)[C@H](C)OC(=O)CN)c(C)c1. The van der Waals surface area contributed by atoms with Crippen LogP contribution in [0.4, 0.5) is 0 Å². The normalized spacial score (nSPS) is 13.8. The molecule has 0 aliphatic heterocycles. The number of ether oxygens (including phenoxy) is 2. The lowest BCUT2D eigenvalue weighted by Crippen LogP contribution is -2.25. The van der Waals surface area contributed by atoms with Gasteiger partial charge in [-0.05, 0) is 37.1 Å². The van der Waals surface area contributed by atoms with E-state index in [1.54, 1.807) is 7.11 Å². The maximum absolute atomic E-state index is 11.2. The zero-order chi connectivity index (χ0) is 13.7. The highest BCUT2D eigenvalue weighted by atomic mass is 16.5. The fourth-order valence-electron chi connectivity index (χ4n) is 1.90. The molecule has 2 atom stereocenters. The van der Waals surface area contributed by atoms with E-state index in [4.69, 9.17) is 15.2 Å². The molecular weight excluding hydrogens is 230 g/mol. The van der Waals surface area contributed by atoms with Crippen LogP contribution in [0, 0.1) is 6.92 Å². The Kier molecular flexibility index (Phi) is 5.16. The first-order valence-corrected chi connectivity index (χ1v) is 6.03. The lowest BCUT2D eigenvalue weighted by molar-refractivity contribution is -0.147. The minimum absolute atomic E-state index is 0.0847. The molecule has 100 valence electrons. The third-order valence-electron chi connectivity index (χ3n) is 3.16. The van der Waals surface area contributed by atoms with Crippen LogP contribution in [0.3, 0.4) is 0 Å². The molecule has 0 fully saturated rings. The van der Waals surface area contributed by atoms with Crippen molar-refractivity contribution in [3.05, 3.63) is 29.3 Å². The van der Waals surface area contributed by atoms with Crippen molar-refractivity contribution in [3.8, 4) is 5.75 Å². The summed E-state index contributed by atoms with van der Waals surface area (Å²) in [4.78, 5) is 11.2. The zero-order valence-corrected chi connectivity index (χ0v) is 11.4. The second-order valence-corrected chi connectivity index (χ2v) is 4.41. The summed E-state index contributed by atoms with van der Waals surface area (Å²) in [6.45, 7) is 5.84. The fourth-order valence-corrected chi connectivity index (χ4v) is 1.90. The number of hydrogen-bond acceptors (Lipinski definition) is 4. The molecule has 18 heavy (non-hydrogen) atoms. The second-order valence-electron chi connectivity index (χ2n) is 4.41. The number of esters is 1. The van der Waals surface area contributed by atoms with Crippen LogP contribution in [-0.2, 0) is 9.53 Å². The molecule has 0 radical (unpaired) electrons. The Morgan fingerprint density at radius 3 is 2.56 bits per heavy atom. The van der Waals surface area contributed by atoms with Crippen molar-refractivity contribution in [2.24, 2.45) is 5.73 Å². The van der Waals surface area contributed by atoms with E-state index in [-0.39, 0.29) is 24.5 Å². The molecule has 1 aromatic carbocycles. The molecule has 2 N–H and O–H groups in total. The van der Waals surface area contributed by atoms with Gasteiger partial charge in [0.15, 0.2) is 0 Å². The molecule has 0 amide bonds. The highest BCUT2D eigenvalue weighted by Crippen LogP contribution is 2.27. The van der Waals surface area contributed by atoms with Crippen LogP contribution in [0.15, 0.2) is 18.2 Å². The van der Waals surface area contributed by atoms with Gasteiger partial charge in [0.1, 0.15) is 11.9 Å². The molecule has 0 unspecified atom stereocenters. The summed E-state index contributed by atoms with van der Waals surface area (Å²) in [7, 11) is 1.64. The van der Waals surface area contributed by atoms with Gasteiger partial charge in [-0.15, -0.1) is 0 Å². The van der Waals surface area contributed by atoms with E-state index in [1.807, 2.05) is 39.0 Å². The smallest absolute Gasteiger partial charge is 0.319 e. The van der Waals surface area contributed by atoms with Crippen molar-refractivity contribution in [1.29, 1.82) is 0 Å². The maximum Gasteiger partial charge on any atom is 0.319 e. The molecule has 4 nitrogen and oxygen atoms in total. The van der Waals surface area contributed by atoms with Gasteiger partial charge in [-0.3, -0.25) is 4.79 Å². The summed E-state index contributed by atoms with van der Waals surface area (Å²) in [5.41, 5.74) is 7.50. The van der Waals surface area contributed by atoms with Crippen LogP contribution < -0.4 is 10.5 Å². The number of methoxy groups -OCH3 is 1. The quantitative estimate of drug-likeness (QED) is 0.813. The van der Waals surface area contributed by atoms with Crippen molar-refractivity contribution in [3.63, 3.8) is 0 Å². The van der Waals surface area contributed by atoms with Crippen LogP contribution in [0.2, 0.25) is 0 Å². The number of rotatable bonds is 5. The summed E-state index contributed by atoms with van der Waals surface area (Å²) in [5.74, 6) is 0.571. The summed E-state index contributed by atoms with van der Waals surface area (Å²) >= 11 is 0. The van der Waals surface area contributed by atoms with Crippen LogP contribution in [0.5, 0.6) is 5.75 Å². The monoisotopic (exact) mass is 251 g/mol. The van der Waals surface area contributed by atoms with Gasteiger partial charge >= 0.3 is 5.97 Å². The molecule has 0 saturated carbocycles. The van der Waals surface area contributed by atoms with E-state index in [9.17, 15) is 4.79 Å². The molecule has 4 heteroatoms. The Morgan fingerprint density at radius 1 is 1.39 bits per heavy atom. The molecule has 0 saturated heterocycles.